The van der Waals surface area contributed by atoms with Crippen LogP contribution >= 0.6 is 0 Å². The molecule has 396 valence electrons. The van der Waals surface area contributed by atoms with Crippen molar-refractivity contribution in [3.05, 3.63) is 65.0 Å². The average Bonchev–Trinajstić information content (AvgIpc) is 4.15. The van der Waals surface area contributed by atoms with E-state index in [-0.39, 0.29) is 90.7 Å². The van der Waals surface area contributed by atoms with Crippen molar-refractivity contribution in [2.45, 2.75) is 171 Å². The second-order valence-electron chi connectivity index (χ2n) is 23.4. The Hall–Kier alpha value is -4.25. The molecule has 2 saturated heterocycles. The zero-order chi connectivity index (χ0) is 50.4. The first-order valence-corrected chi connectivity index (χ1v) is 27.5. The number of nitrogens with one attached hydrogen (secondary N) is 3. The molecule has 7 fully saturated rings. The maximum atomic E-state index is 13.5. The maximum Gasteiger partial charge on any atom is 0.304 e. The molecule has 5 saturated carbocycles. The molecule has 72 heavy (non-hydrogen) atoms. The van der Waals surface area contributed by atoms with Crippen LogP contribution in [-0.4, -0.2) is 107 Å². The molecule has 2 aromatic carbocycles. The van der Waals surface area contributed by atoms with Crippen LogP contribution in [0.4, 0.5) is 0 Å². The third-order valence-electron chi connectivity index (χ3n) is 19.8. The summed E-state index contributed by atoms with van der Waals surface area (Å²) in [7, 11) is 1.48. The molecule has 0 aromatic heterocycles. The molecule has 2 aromatic rings. The van der Waals surface area contributed by atoms with Crippen molar-refractivity contribution in [1.82, 2.24) is 16.0 Å². The molecule has 14 atom stereocenters. The second-order valence-corrected chi connectivity index (χ2v) is 23.4. The summed E-state index contributed by atoms with van der Waals surface area (Å²) in [6, 6.07) is 8.44. The maximum absolute atomic E-state index is 13.5. The number of phenolic OH excluding ortho intramolecular Hbond substituents is 2. The Labute approximate surface area is 425 Å². The van der Waals surface area contributed by atoms with Gasteiger partial charge in [0.1, 0.15) is 13.3 Å². The first-order chi connectivity index (χ1) is 34.8. The first kappa shape index (κ1) is 51.2. The molecule has 0 radical (unpaired) electrons. The number of aromatic hydroxyl groups is 2. The number of benzene rings is 2. The lowest BCUT2D eigenvalue weighted by molar-refractivity contribution is -0.203. The van der Waals surface area contributed by atoms with Gasteiger partial charge in [0, 0.05) is 42.6 Å². The van der Waals surface area contributed by atoms with Crippen LogP contribution in [0.3, 0.4) is 0 Å². The zero-order valence-electron chi connectivity index (χ0n) is 42.5. The zero-order valence-corrected chi connectivity index (χ0v) is 42.5. The number of fused-ring (bicyclic) bond motifs is 2. The van der Waals surface area contributed by atoms with E-state index in [1.807, 2.05) is 18.2 Å². The lowest BCUT2D eigenvalue weighted by Gasteiger charge is -2.70. The van der Waals surface area contributed by atoms with E-state index in [1.165, 1.54) is 45.6 Å². The molecule has 3 aliphatic heterocycles. The van der Waals surface area contributed by atoms with E-state index in [9.17, 15) is 35.4 Å². The number of rotatable bonds is 17. The van der Waals surface area contributed by atoms with Crippen LogP contribution in [0.2, 0.25) is 0 Å². The highest BCUT2D eigenvalue weighted by molar-refractivity contribution is 5.69. The van der Waals surface area contributed by atoms with Gasteiger partial charge in [-0.25, -0.2) is 0 Å². The van der Waals surface area contributed by atoms with Gasteiger partial charge in [0.15, 0.2) is 23.0 Å². The minimum absolute atomic E-state index is 0.0222. The quantitative estimate of drug-likeness (QED) is 0.0713. The number of aliphatic hydroxyl groups excluding tert-OH is 3. The van der Waals surface area contributed by atoms with Crippen LogP contribution < -0.4 is 35.9 Å². The number of piperidine rings is 1. The number of aliphatic carboxylic acids is 1. The fraction of sp³-hybridized carbons (Fsp3) is 0.702. The summed E-state index contributed by atoms with van der Waals surface area (Å²) < 4.78 is 25.6. The number of ether oxygens (including phenoxy) is 4. The first-order valence-electron chi connectivity index (χ1n) is 27.5. The number of methoxy groups -OCH3 is 1. The summed E-state index contributed by atoms with van der Waals surface area (Å²) in [5.41, 5.74) is 8.33. The number of aliphatic hydroxyl groups is 3. The molecule has 0 amide bonds. The Morgan fingerprint density at radius 2 is 1.76 bits per heavy atom. The fourth-order valence-corrected chi connectivity index (χ4v) is 17.0. The summed E-state index contributed by atoms with van der Waals surface area (Å²) in [6.45, 7) is 2.90. The Kier molecular flexibility index (Phi) is 15.1. The van der Waals surface area contributed by atoms with Gasteiger partial charge in [0.2, 0.25) is 5.75 Å². The van der Waals surface area contributed by atoms with Crippen LogP contribution in [0.5, 0.6) is 28.7 Å². The van der Waals surface area contributed by atoms with E-state index in [1.54, 1.807) is 18.2 Å². The van der Waals surface area contributed by atoms with Gasteiger partial charge in [0.05, 0.1) is 43.8 Å². The lowest BCUT2D eigenvalue weighted by Crippen LogP contribution is -2.73. The second kappa shape index (κ2) is 21.2. The van der Waals surface area contributed by atoms with E-state index in [0.29, 0.717) is 60.7 Å². The number of hydrogen-bond donors (Lipinski definition) is 10. The number of hydrogen-bond acceptors (Lipinski definition) is 14. The Morgan fingerprint density at radius 1 is 0.944 bits per heavy atom. The summed E-state index contributed by atoms with van der Waals surface area (Å²) in [4.78, 5) is 13.5. The molecule has 0 bridgehead atoms. The van der Waals surface area contributed by atoms with E-state index >= 15 is 0 Å². The SMILES string of the molecule is COc1cc(C2OC(CCc3ccc(O)c(OCNC4CCC5CCCC5C4O)c3)CC(O)C2CCO)cc(OCC2NC(C)CC34CCCC3C3(CCCC3)CC(C3=CCNC(N)=C3)C24CC(=O)O)c1O. The van der Waals surface area contributed by atoms with E-state index in [4.69, 9.17) is 24.7 Å². The number of dihydropyridines is 1. The van der Waals surface area contributed by atoms with Gasteiger partial charge in [-0.3, -0.25) is 10.1 Å². The number of aryl methyl sites for hydroxylation is 1. The van der Waals surface area contributed by atoms with Crippen molar-refractivity contribution in [2.24, 2.45) is 51.6 Å². The average molecular weight is 999 g/mol. The monoisotopic (exact) mass is 999 g/mol. The van der Waals surface area contributed by atoms with Gasteiger partial charge >= 0.3 is 5.97 Å². The van der Waals surface area contributed by atoms with Crippen LogP contribution in [-0.2, 0) is 16.0 Å². The summed E-state index contributed by atoms with van der Waals surface area (Å²) in [5.74, 6) is 1.11. The van der Waals surface area contributed by atoms with Crippen molar-refractivity contribution in [2.75, 3.05) is 33.6 Å². The number of carboxylic acid groups (broad SMARTS) is 1. The van der Waals surface area contributed by atoms with Crippen molar-refractivity contribution >= 4 is 5.97 Å². The Morgan fingerprint density at radius 3 is 2.54 bits per heavy atom. The molecular formula is C57H82N4O11. The number of carboxylic acids is 1. The minimum atomic E-state index is -0.825. The van der Waals surface area contributed by atoms with Crippen molar-refractivity contribution in [3.8, 4) is 28.7 Å². The van der Waals surface area contributed by atoms with Gasteiger partial charge < -0.3 is 66.0 Å². The highest BCUT2D eigenvalue weighted by Crippen LogP contribution is 2.77. The van der Waals surface area contributed by atoms with E-state index < -0.39 is 41.7 Å². The van der Waals surface area contributed by atoms with E-state index in [0.717, 1.165) is 62.5 Å². The molecule has 10 rings (SSSR count). The smallest absolute Gasteiger partial charge is 0.304 e. The van der Waals surface area contributed by atoms with Crippen LogP contribution in [0.25, 0.3) is 0 Å². The van der Waals surface area contributed by atoms with Crippen LogP contribution in [0.1, 0.15) is 140 Å². The van der Waals surface area contributed by atoms with Gasteiger partial charge in [0.25, 0.3) is 0 Å². The van der Waals surface area contributed by atoms with Gasteiger partial charge in [-0.2, -0.15) is 0 Å². The number of nitrogens with two attached hydrogens (primary N) is 1. The lowest BCUT2D eigenvalue weighted by atomic mass is 9.36. The van der Waals surface area contributed by atoms with Crippen LogP contribution in [0.15, 0.2) is 53.9 Å². The predicted molar refractivity (Wildman–Crippen MR) is 271 cm³/mol. The van der Waals surface area contributed by atoms with Crippen molar-refractivity contribution < 1.29 is 54.4 Å². The summed E-state index contributed by atoms with van der Waals surface area (Å²) in [6.07, 6.45) is 18.8. The molecule has 3 heterocycles. The fourth-order valence-electron chi connectivity index (χ4n) is 17.0. The third kappa shape index (κ3) is 9.45. The molecule has 11 N–H and O–H groups in total. The predicted octanol–water partition coefficient (Wildman–Crippen LogP) is 7.08. The van der Waals surface area contributed by atoms with Gasteiger partial charge in [-0.15, -0.1) is 0 Å². The molecule has 15 nitrogen and oxygen atoms in total. The molecule has 8 aliphatic rings. The van der Waals surface area contributed by atoms with Crippen molar-refractivity contribution in [3.63, 3.8) is 0 Å². The largest absolute Gasteiger partial charge is 0.504 e. The number of phenols is 2. The highest BCUT2D eigenvalue weighted by Gasteiger charge is 2.73. The summed E-state index contributed by atoms with van der Waals surface area (Å²) in [5, 5.41) is 77.2. The molecule has 5 aliphatic carbocycles. The molecule has 2 spiro atoms. The third-order valence-corrected chi connectivity index (χ3v) is 19.8. The normalized spacial score (nSPS) is 36.9. The van der Waals surface area contributed by atoms with Gasteiger partial charge in [-0.05, 0) is 172 Å². The Balaban J connectivity index is 0.891. The standard InChI is InChI=1S/C57H82N4O11/c1-33-28-56-20-6-9-48(56)55(18-3-4-19-55)29-41(36-16-21-59-50(58)26-36)57(56,30-51(65)66)49(61-33)31-70-47-25-37(24-46(69-2)53(47)68)54-40(17-22-62)44(64)27-38(72-54)13-10-34-11-15-43(63)45(23-34)71-32-60-42-14-12-35-7-5-8-39(35)52(42)67/h11,15-16,23-26,33,35,38-42,44,48-49,52,54,59-64,67-68H,3-10,12-14,17-22,27-32,58H2,1-2H3,(H,65,66). The molecule has 15 heteroatoms. The highest BCUT2D eigenvalue weighted by atomic mass is 16.5. The molecule has 14 unspecified atom stereocenters. The Bertz CT molecular complexity index is 2320. The minimum Gasteiger partial charge on any atom is -0.504 e. The van der Waals surface area contributed by atoms with E-state index in [2.05, 4.69) is 29.0 Å². The van der Waals surface area contributed by atoms with Crippen LogP contribution in [0, 0.1) is 45.8 Å². The van der Waals surface area contributed by atoms with Gasteiger partial charge in [-0.1, -0.05) is 44.2 Å². The number of allylic oxidation sites excluding steroid dienone is 2. The topological polar surface area (TPSA) is 237 Å². The summed E-state index contributed by atoms with van der Waals surface area (Å²) >= 11 is 0. The van der Waals surface area contributed by atoms with Crippen molar-refractivity contribution in [1.29, 1.82) is 0 Å². The number of carbonyl (C=O) groups is 1. The molecular weight excluding hydrogens is 917 g/mol.